The highest BCUT2D eigenvalue weighted by atomic mass is 15.1. The van der Waals surface area contributed by atoms with Crippen molar-refractivity contribution in [3.05, 3.63) is 29.8 Å². The summed E-state index contributed by atoms with van der Waals surface area (Å²) in [7, 11) is 1.99. The van der Waals surface area contributed by atoms with Gasteiger partial charge in [0.2, 0.25) is 0 Å². The molecule has 1 aliphatic heterocycles. The van der Waals surface area contributed by atoms with Crippen LogP contribution < -0.4 is 10.2 Å². The average molecular weight is 218 g/mol. The molecule has 0 aliphatic carbocycles. The summed E-state index contributed by atoms with van der Waals surface area (Å²) in [4.78, 5) is 2.51. The molecule has 2 heteroatoms. The Bertz CT molecular complexity index is 318. The fourth-order valence-electron chi connectivity index (χ4n) is 2.45. The smallest absolute Gasteiger partial charge is 0.0366 e. The summed E-state index contributed by atoms with van der Waals surface area (Å²) in [6, 6.07) is 8.96. The molecule has 0 amide bonds. The van der Waals surface area contributed by atoms with Gasteiger partial charge in [0.25, 0.3) is 0 Å². The van der Waals surface area contributed by atoms with Crippen LogP contribution in [0.2, 0.25) is 0 Å². The van der Waals surface area contributed by atoms with Gasteiger partial charge in [-0.15, -0.1) is 0 Å². The minimum Gasteiger partial charge on any atom is -0.371 e. The molecule has 0 bridgehead atoms. The Kier molecular flexibility index (Phi) is 3.83. The van der Waals surface area contributed by atoms with E-state index in [2.05, 4.69) is 41.4 Å². The molecule has 1 N–H and O–H groups in total. The number of nitrogens with zero attached hydrogens (tertiary/aromatic N) is 1. The van der Waals surface area contributed by atoms with Gasteiger partial charge in [0.05, 0.1) is 0 Å². The minimum atomic E-state index is 0.839. The lowest BCUT2D eigenvalue weighted by atomic mass is 9.99. The summed E-state index contributed by atoms with van der Waals surface area (Å²) >= 11 is 0. The van der Waals surface area contributed by atoms with Crippen LogP contribution >= 0.6 is 0 Å². The molecule has 0 radical (unpaired) electrons. The average Bonchev–Trinajstić information content (AvgIpc) is 2.30. The normalized spacial score (nSPS) is 21.1. The highest BCUT2D eigenvalue weighted by molar-refractivity contribution is 5.48. The highest BCUT2D eigenvalue weighted by Crippen LogP contribution is 2.23. The molecule has 2 rings (SSSR count). The maximum absolute atomic E-state index is 3.18. The van der Waals surface area contributed by atoms with Crippen LogP contribution in [0.5, 0.6) is 0 Å². The minimum absolute atomic E-state index is 0.839. The monoisotopic (exact) mass is 218 g/mol. The summed E-state index contributed by atoms with van der Waals surface area (Å²) < 4.78 is 0. The van der Waals surface area contributed by atoms with Gasteiger partial charge in [0.15, 0.2) is 0 Å². The van der Waals surface area contributed by atoms with Gasteiger partial charge < -0.3 is 10.2 Å². The molecule has 1 aromatic rings. The largest absolute Gasteiger partial charge is 0.371 e. The lowest BCUT2D eigenvalue weighted by molar-refractivity contribution is 0.447. The van der Waals surface area contributed by atoms with Gasteiger partial charge in [0, 0.05) is 25.3 Å². The van der Waals surface area contributed by atoms with Crippen LogP contribution in [-0.2, 0) is 6.54 Å². The molecular formula is C14H22N2. The quantitative estimate of drug-likeness (QED) is 0.839. The van der Waals surface area contributed by atoms with Gasteiger partial charge >= 0.3 is 0 Å². The van der Waals surface area contributed by atoms with Crippen molar-refractivity contribution >= 4 is 5.69 Å². The number of rotatable bonds is 3. The molecule has 1 atom stereocenters. The van der Waals surface area contributed by atoms with E-state index in [9.17, 15) is 0 Å². The first kappa shape index (κ1) is 11.5. The molecule has 1 saturated heterocycles. The van der Waals surface area contributed by atoms with Gasteiger partial charge in [-0.05, 0) is 43.5 Å². The Hall–Kier alpha value is -1.02. The molecule has 0 saturated carbocycles. The molecule has 16 heavy (non-hydrogen) atoms. The Labute approximate surface area is 98.7 Å². The predicted octanol–water partition coefficient (Wildman–Crippen LogP) is 2.64. The topological polar surface area (TPSA) is 15.3 Å². The van der Waals surface area contributed by atoms with Crippen molar-refractivity contribution < 1.29 is 0 Å². The van der Waals surface area contributed by atoms with Crippen LogP contribution in [0.15, 0.2) is 24.3 Å². The maximum Gasteiger partial charge on any atom is 0.0366 e. The summed E-state index contributed by atoms with van der Waals surface area (Å²) in [5.41, 5.74) is 2.74. The zero-order valence-corrected chi connectivity index (χ0v) is 10.4. The van der Waals surface area contributed by atoms with Crippen molar-refractivity contribution in [3.63, 3.8) is 0 Å². The third kappa shape index (κ3) is 2.76. The van der Waals surface area contributed by atoms with E-state index in [-0.39, 0.29) is 0 Å². The maximum atomic E-state index is 3.18. The molecule has 0 aromatic heterocycles. The van der Waals surface area contributed by atoms with Crippen molar-refractivity contribution in [2.75, 3.05) is 25.0 Å². The Morgan fingerprint density at radius 1 is 1.31 bits per heavy atom. The Morgan fingerprint density at radius 2 is 2.06 bits per heavy atom. The molecule has 1 aliphatic rings. The number of nitrogens with one attached hydrogen (secondary N) is 1. The molecule has 1 heterocycles. The summed E-state index contributed by atoms with van der Waals surface area (Å²) in [5.74, 6) is 0.839. The van der Waals surface area contributed by atoms with Crippen LogP contribution in [0.1, 0.15) is 25.3 Å². The second kappa shape index (κ2) is 5.35. The first-order valence-electron chi connectivity index (χ1n) is 6.28. The zero-order valence-electron chi connectivity index (χ0n) is 10.4. The predicted molar refractivity (Wildman–Crippen MR) is 69.8 cm³/mol. The van der Waals surface area contributed by atoms with Gasteiger partial charge in [-0.2, -0.15) is 0 Å². The first-order chi connectivity index (χ1) is 7.79. The van der Waals surface area contributed by atoms with Crippen LogP contribution in [-0.4, -0.2) is 20.1 Å². The van der Waals surface area contributed by atoms with E-state index in [4.69, 9.17) is 0 Å². The number of piperidine rings is 1. The van der Waals surface area contributed by atoms with Crippen molar-refractivity contribution in [2.45, 2.75) is 26.3 Å². The number of hydrogen-bond acceptors (Lipinski definition) is 2. The van der Waals surface area contributed by atoms with Crippen LogP contribution in [0, 0.1) is 5.92 Å². The SMILES string of the molecule is CNCc1ccc(N2CCCC(C)C2)cc1. The third-order valence-electron chi connectivity index (χ3n) is 3.34. The van der Waals surface area contributed by atoms with Crippen LogP contribution in [0.25, 0.3) is 0 Å². The lowest BCUT2D eigenvalue weighted by Gasteiger charge is -2.32. The summed E-state index contributed by atoms with van der Waals surface area (Å²) in [6.07, 6.45) is 2.72. The van der Waals surface area contributed by atoms with Crippen LogP contribution in [0.3, 0.4) is 0 Å². The van der Waals surface area contributed by atoms with Crippen LogP contribution in [0.4, 0.5) is 5.69 Å². The van der Waals surface area contributed by atoms with E-state index >= 15 is 0 Å². The first-order valence-corrected chi connectivity index (χ1v) is 6.28. The summed E-state index contributed by atoms with van der Waals surface area (Å²) in [6.45, 7) is 5.74. The molecule has 1 aromatic carbocycles. The molecule has 1 unspecified atom stereocenters. The van der Waals surface area contributed by atoms with Gasteiger partial charge in [-0.25, -0.2) is 0 Å². The molecule has 2 nitrogen and oxygen atoms in total. The second-order valence-electron chi connectivity index (χ2n) is 4.89. The standard InChI is InChI=1S/C14H22N2/c1-12-4-3-9-16(11-12)14-7-5-13(6-8-14)10-15-2/h5-8,12,15H,3-4,9-11H2,1-2H3. The Balaban J connectivity index is 2.03. The van der Waals surface area contributed by atoms with Crippen molar-refractivity contribution in [1.82, 2.24) is 5.32 Å². The molecule has 88 valence electrons. The van der Waals surface area contributed by atoms with E-state index in [0.29, 0.717) is 0 Å². The number of anilines is 1. The molecular weight excluding hydrogens is 196 g/mol. The van der Waals surface area contributed by atoms with Gasteiger partial charge in [-0.1, -0.05) is 19.1 Å². The second-order valence-corrected chi connectivity index (χ2v) is 4.89. The van der Waals surface area contributed by atoms with E-state index in [1.165, 1.54) is 37.2 Å². The lowest BCUT2D eigenvalue weighted by Crippen LogP contribution is -2.34. The van der Waals surface area contributed by atoms with Gasteiger partial charge in [-0.3, -0.25) is 0 Å². The fraction of sp³-hybridized carbons (Fsp3) is 0.571. The van der Waals surface area contributed by atoms with Crippen molar-refractivity contribution in [3.8, 4) is 0 Å². The molecule has 0 spiro atoms. The highest BCUT2D eigenvalue weighted by Gasteiger charge is 2.16. The summed E-state index contributed by atoms with van der Waals surface area (Å²) in [5, 5.41) is 3.18. The van der Waals surface area contributed by atoms with E-state index in [1.807, 2.05) is 7.05 Å². The fourth-order valence-corrected chi connectivity index (χ4v) is 2.45. The van der Waals surface area contributed by atoms with Crippen molar-refractivity contribution in [1.29, 1.82) is 0 Å². The third-order valence-corrected chi connectivity index (χ3v) is 3.34. The van der Waals surface area contributed by atoms with E-state index in [1.54, 1.807) is 0 Å². The molecule has 1 fully saturated rings. The number of benzene rings is 1. The number of hydrogen-bond donors (Lipinski definition) is 1. The zero-order chi connectivity index (χ0) is 11.4. The van der Waals surface area contributed by atoms with E-state index < -0.39 is 0 Å². The van der Waals surface area contributed by atoms with Gasteiger partial charge in [0.1, 0.15) is 0 Å². The van der Waals surface area contributed by atoms with Crippen molar-refractivity contribution in [2.24, 2.45) is 5.92 Å². The Morgan fingerprint density at radius 3 is 2.69 bits per heavy atom. The van der Waals surface area contributed by atoms with E-state index in [0.717, 1.165) is 12.5 Å².